The number of anilines is 1. The molecular weight excluding hydrogens is 362 g/mol. The maximum absolute atomic E-state index is 11.3. The molecule has 3 N–H and O–H groups in total. The van der Waals surface area contributed by atoms with Crippen LogP contribution in [0.15, 0.2) is 42.6 Å². The molecule has 4 aromatic rings. The molecule has 2 heterocycles. The van der Waals surface area contributed by atoms with E-state index in [0.717, 1.165) is 62.5 Å². The van der Waals surface area contributed by atoms with E-state index in [2.05, 4.69) is 28.2 Å². The van der Waals surface area contributed by atoms with Gasteiger partial charge in [-0.15, -0.1) is 0 Å². The molecule has 0 amide bonds. The zero-order valence-electron chi connectivity index (χ0n) is 16.8. The van der Waals surface area contributed by atoms with Crippen molar-refractivity contribution in [1.29, 1.82) is 0 Å². The molecule has 0 saturated heterocycles. The molecule has 0 unspecified atom stereocenters. The zero-order chi connectivity index (χ0) is 20.7. The Morgan fingerprint density at radius 1 is 1.00 bits per heavy atom. The molecule has 0 saturated carbocycles. The Kier molecular flexibility index (Phi) is 4.66. The van der Waals surface area contributed by atoms with Crippen LogP contribution in [0.2, 0.25) is 0 Å². The smallest absolute Gasteiger partial charge is 0.335 e. The summed E-state index contributed by atoms with van der Waals surface area (Å²) in [6.45, 7) is 5.89. The van der Waals surface area contributed by atoms with Gasteiger partial charge < -0.3 is 10.8 Å². The van der Waals surface area contributed by atoms with E-state index < -0.39 is 5.97 Å². The van der Waals surface area contributed by atoms with Crippen molar-refractivity contribution in [1.82, 2.24) is 9.97 Å². The third kappa shape index (κ3) is 3.40. The lowest BCUT2D eigenvalue weighted by Crippen LogP contribution is -2.04. The van der Waals surface area contributed by atoms with Crippen molar-refractivity contribution in [3.63, 3.8) is 0 Å². The Morgan fingerprint density at radius 3 is 2.55 bits per heavy atom. The zero-order valence-corrected chi connectivity index (χ0v) is 16.8. The summed E-state index contributed by atoms with van der Waals surface area (Å²) in [7, 11) is 0. The highest BCUT2D eigenvalue weighted by molar-refractivity contribution is 6.08. The Bertz CT molecular complexity index is 1280. The standard InChI is InChI=1S/C24H23N3O2/c1-13-4-8-19-20-11-16(12-26-22(20)23(25)27-21(19)10-13)5-6-17-7-9-18(24(28)29)15(3)14(17)2/h4,7-12H,5-6H2,1-3H3,(H2,25,27)(H,28,29). The SMILES string of the molecule is Cc1ccc2c(c1)nc(N)c1ncc(CCc3ccc(C(=O)O)c(C)c3C)cc12. The van der Waals surface area contributed by atoms with Crippen molar-refractivity contribution >= 4 is 33.6 Å². The largest absolute Gasteiger partial charge is 0.478 e. The number of fused-ring (bicyclic) bond motifs is 3. The first-order valence-electron chi connectivity index (χ1n) is 9.62. The number of nitrogens with zero attached hydrogens (tertiary/aromatic N) is 2. The van der Waals surface area contributed by atoms with E-state index in [-0.39, 0.29) is 0 Å². The van der Waals surface area contributed by atoms with E-state index in [9.17, 15) is 9.90 Å². The molecule has 5 heteroatoms. The van der Waals surface area contributed by atoms with Gasteiger partial charge in [0.05, 0.1) is 11.1 Å². The molecule has 146 valence electrons. The third-order valence-corrected chi connectivity index (χ3v) is 5.68. The highest BCUT2D eigenvalue weighted by Gasteiger charge is 2.13. The number of pyridine rings is 2. The van der Waals surface area contributed by atoms with Crippen LogP contribution in [0.1, 0.15) is 38.2 Å². The van der Waals surface area contributed by atoms with Gasteiger partial charge in [-0.25, -0.2) is 9.78 Å². The summed E-state index contributed by atoms with van der Waals surface area (Å²) in [6.07, 6.45) is 3.48. The Balaban J connectivity index is 1.70. The van der Waals surface area contributed by atoms with Crippen LogP contribution < -0.4 is 5.73 Å². The van der Waals surface area contributed by atoms with Crippen LogP contribution in [0.4, 0.5) is 5.82 Å². The summed E-state index contributed by atoms with van der Waals surface area (Å²) in [5.41, 5.74) is 13.4. The van der Waals surface area contributed by atoms with Crippen molar-refractivity contribution in [3.8, 4) is 0 Å². The van der Waals surface area contributed by atoms with Crippen molar-refractivity contribution in [2.75, 3.05) is 5.73 Å². The first-order valence-corrected chi connectivity index (χ1v) is 9.62. The van der Waals surface area contributed by atoms with Crippen LogP contribution in [0.5, 0.6) is 0 Å². The van der Waals surface area contributed by atoms with Gasteiger partial charge in [0.2, 0.25) is 0 Å². The highest BCUT2D eigenvalue weighted by Crippen LogP contribution is 2.28. The molecule has 0 aliphatic rings. The van der Waals surface area contributed by atoms with Gasteiger partial charge in [0.1, 0.15) is 5.52 Å². The number of hydrogen-bond donors (Lipinski definition) is 2. The molecule has 0 aliphatic carbocycles. The van der Waals surface area contributed by atoms with E-state index in [1.165, 1.54) is 0 Å². The summed E-state index contributed by atoms with van der Waals surface area (Å²) in [6, 6.07) is 11.9. The molecular formula is C24H23N3O2. The number of rotatable bonds is 4. The number of aromatic nitrogens is 2. The second-order valence-electron chi connectivity index (χ2n) is 7.58. The highest BCUT2D eigenvalue weighted by atomic mass is 16.4. The average Bonchev–Trinajstić information content (AvgIpc) is 2.68. The van der Waals surface area contributed by atoms with E-state index in [0.29, 0.717) is 11.4 Å². The number of benzene rings is 2. The van der Waals surface area contributed by atoms with Crippen molar-refractivity contribution < 1.29 is 9.90 Å². The third-order valence-electron chi connectivity index (χ3n) is 5.68. The maximum atomic E-state index is 11.3. The first-order chi connectivity index (χ1) is 13.8. The first kappa shape index (κ1) is 18.9. The van der Waals surface area contributed by atoms with E-state index in [4.69, 9.17) is 5.73 Å². The van der Waals surface area contributed by atoms with Crippen LogP contribution in [0.3, 0.4) is 0 Å². The molecule has 0 atom stereocenters. The van der Waals surface area contributed by atoms with Gasteiger partial charge in [0.15, 0.2) is 5.82 Å². The van der Waals surface area contributed by atoms with Gasteiger partial charge in [-0.3, -0.25) is 4.98 Å². The van der Waals surface area contributed by atoms with Crippen LogP contribution >= 0.6 is 0 Å². The lowest BCUT2D eigenvalue weighted by Gasteiger charge is -2.12. The number of aryl methyl sites for hydroxylation is 3. The second kappa shape index (κ2) is 7.17. The van der Waals surface area contributed by atoms with Crippen molar-refractivity contribution in [2.45, 2.75) is 33.6 Å². The topological polar surface area (TPSA) is 89.1 Å². The van der Waals surface area contributed by atoms with Crippen LogP contribution in [-0.2, 0) is 12.8 Å². The predicted octanol–water partition coefficient (Wildman–Crippen LogP) is 4.77. The average molecular weight is 385 g/mol. The van der Waals surface area contributed by atoms with Crippen LogP contribution in [0.25, 0.3) is 21.8 Å². The Hall–Kier alpha value is -3.47. The normalized spacial score (nSPS) is 11.3. The number of nitrogen functional groups attached to an aromatic ring is 1. The van der Waals surface area contributed by atoms with Gasteiger partial charge in [0.25, 0.3) is 0 Å². The van der Waals surface area contributed by atoms with E-state index >= 15 is 0 Å². The van der Waals surface area contributed by atoms with Gasteiger partial charge in [0, 0.05) is 17.0 Å². The minimum Gasteiger partial charge on any atom is -0.478 e. The summed E-state index contributed by atoms with van der Waals surface area (Å²) in [5, 5.41) is 11.4. The molecule has 29 heavy (non-hydrogen) atoms. The molecule has 2 aromatic carbocycles. The predicted molar refractivity (Wildman–Crippen MR) is 116 cm³/mol. The van der Waals surface area contributed by atoms with E-state index in [1.54, 1.807) is 6.07 Å². The fourth-order valence-corrected chi connectivity index (χ4v) is 3.86. The molecule has 0 spiro atoms. The van der Waals surface area contributed by atoms with Gasteiger partial charge >= 0.3 is 5.97 Å². The monoisotopic (exact) mass is 385 g/mol. The number of nitrogens with two attached hydrogens (primary N) is 1. The fraction of sp³-hybridized carbons (Fsp3) is 0.208. The minimum atomic E-state index is -0.885. The molecule has 0 bridgehead atoms. The summed E-state index contributed by atoms with van der Waals surface area (Å²) in [5.74, 6) is -0.440. The van der Waals surface area contributed by atoms with Crippen LogP contribution in [0, 0.1) is 20.8 Å². The maximum Gasteiger partial charge on any atom is 0.335 e. The molecule has 0 radical (unpaired) electrons. The minimum absolute atomic E-state index is 0.364. The second-order valence-corrected chi connectivity index (χ2v) is 7.58. The van der Waals surface area contributed by atoms with Gasteiger partial charge in [-0.1, -0.05) is 18.2 Å². The fourth-order valence-electron chi connectivity index (χ4n) is 3.86. The van der Waals surface area contributed by atoms with Crippen molar-refractivity contribution in [2.24, 2.45) is 0 Å². The Labute approximate surface area is 169 Å². The quantitative estimate of drug-likeness (QED) is 0.494. The van der Waals surface area contributed by atoms with Gasteiger partial charge in [-0.05, 0) is 79.6 Å². The number of carboxylic acid groups (broad SMARTS) is 1. The lowest BCUT2D eigenvalue weighted by molar-refractivity contribution is 0.0696. The van der Waals surface area contributed by atoms with E-state index in [1.807, 2.05) is 39.1 Å². The van der Waals surface area contributed by atoms with Gasteiger partial charge in [-0.2, -0.15) is 0 Å². The summed E-state index contributed by atoms with van der Waals surface area (Å²) >= 11 is 0. The Morgan fingerprint density at radius 2 is 1.79 bits per heavy atom. The summed E-state index contributed by atoms with van der Waals surface area (Å²) in [4.78, 5) is 20.4. The number of carboxylic acids is 1. The number of hydrogen-bond acceptors (Lipinski definition) is 4. The molecule has 5 nitrogen and oxygen atoms in total. The number of aromatic carboxylic acids is 1. The number of carbonyl (C=O) groups is 1. The lowest BCUT2D eigenvalue weighted by atomic mass is 9.94. The molecule has 2 aromatic heterocycles. The molecule has 0 aliphatic heterocycles. The molecule has 4 rings (SSSR count). The van der Waals surface area contributed by atoms with Crippen molar-refractivity contribution in [3.05, 3.63) is 76.0 Å². The molecule has 0 fully saturated rings. The summed E-state index contributed by atoms with van der Waals surface area (Å²) < 4.78 is 0. The van der Waals surface area contributed by atoms with Crippen LogP contribution in [-0.4, -0.2) is 21.0 Å².